The Bertz CT molecular complexity index is 632. The fourth-order valence-corrected chi connectivity index (χ4v) is 2.92. The second-order valence-corrected chi connectivity index (χ2v) is 4.90. The van der Waals surface area contributed by atoms with Crippen LogP contribution in [0, 0.1) is 0 Å². The van der Waals surface area contributed by atoms with Crippen LogP contribution in [0.4, 0.5) is 5.95 Å². The Balaban J connectivity index is 2.10. The van der Waals surface area contributed by atoms with Crippen LogP contribution in [0.15, 0.2) is 28.0 Å². The highest BCUT2D eigenvalue weighted by Crippen LogP contribution is 2.32. The van der Waals surface area contributed by atoms with Gasteiger partial charge in [0.15, 0.2) is 5.16 Å². The molecule has 0 saturated heterocycles. The number of hydrazine groups is 1. The van der Waals surface area contributed by atoms with Crippen molar-refractivity contribution in [3.8, 4) is 0 Å². The summed E-state index contributed by atoms with van der Waals surface area (Å²) in [6.45, 7) is 0. The molecule has 86 valence electrons. The van der Waals surface area contributed by atoms with E-state index in [1.807, 2.05) is 11.4 Å². The summed E-state index contributed by atoms with van der Waals surface area (Å²) >= 11 is 2.93. The van der Waals surface area contributed by atoms with Gasteiger partial charge >= 0.3 is 0 Å². The van der Waals surface area contributed by atoms with Crippen molar-refractivity contribution in [3.63, 3.8) is 0 Å². The summed E-state index contributed by atoms with van der Waals surface area (Å²) < 4.78 is 0. The molecule has 0 aliphatic heterocycles. The molecule has 3 heterocycles. The third kappa shape index (κ3) is 1.95. The number of hydrogen-bond acceptors (Lipinski definition) is 8. The van der Waals surface area contributed by atoms with Crippen LogP contribution in [0.2, 0.25) is 0 Å². The van der Waals surface area contributed by atoms with E-state index in [0.29, 0.717) is 11.1 Å². The number of nitrogens with two attached hydrogens (primary N) is 1. The molecule has 9 heteroatoms. The van der Waals surface area contributed by atoms with E-state index in [2.05, 4.69) is 30.6 Å². The Morgan fingerprint density at radius 1 is 1.41 bits per heavy atom. The molecule has 17 heavy (non-hydrogen) atoms. The first-order valence-electron chi connectivity index (χ1n) is 4.62. The van der Waals surface area contributed by atoms with Crippen LogP contribution in [0.3, 0.4) is 0 Å². The first-order valence-corrected chi connectivity index (χ1v) is 6.31. The number of rotatable bonds is 3. The second-order valence-electron chi connectivity index (χ2n) is 3.03. The molecule has 0 aromatic carbocycles. The van der Waals surface area contributed by atoms with Crippen LogP contribution < -0.4 is 11.3 Å². The molecule has 0 fully saturated rings. The second kappa shape index (κ2) is 4.28. The summed E-state index contributed by atoms with van der Waals surface area (Å²) in [5.74, 6) is 5.73. The summed E-state index contributed by atoms with van der Waals surface area (Å²) in [4.78, 5) is 13.5. The summed E-state index contributed by atoms with van der Waals surface area (Å²) in [5.41, 5.74) is 2.45. The molecule has 7 nitrogen and oxygen atoms in total. The molecular formula is C8H7N7S2. The van der Waals surface area contributed by atoms with Gasteiger partial charge in [0.25, 0.3) is 0 Å². The van der Waals surface area contributed by atoms with E-state index in [1.54, 1.807) is 0 Å². The standard InChI is InChI=1S/C8H7N7S2/c9-14-7-12-5-4(1-2-16-5)6(13-7)17-8-10-3-11-15-8/h1-3H,9H2,(H,10,11,15)(H,12,13,14). The average molecular weight is 265 g/mol. The molecule has 0 saturated carbocycles. The first kappa shape index (κ1) is 10.4. The van der Waals surface area contributed by atoms with E-state index in [0.717, 1.165) is 15.2 Å². The SMILES string of the molecule is NNc1nc(Sc2ncn[nH]2)c2ccsc2n1. The van der Waals surface area contributed by atoms with Gasteiger partial charge in [0.2, 0.25) is 5.95 Å². The average Bonchev–Trinajstić information content (AvgIpc) is 2.98. The predicted molar refractivity (Wildman–Crippen MR) is 65.7 cm³/mol. The lowest BCUT2D eigenvalue weighted by molar-refractivity contribution is 0.967. The van der Waals surface area contributed by atoms with Gasteiger partial charge in [0.05, 0.1) is 0 Å². The van der Waals surface area contributed by atoms with Crippen molar-refractivity contribution in [2.75, 3.05) is 5.43 Å². The summed E-state index contributed by atoms with van der Waals surface area (Å²) in [5, 5.41) is 11.0. The molecule has 4 N–H and O–H groups in total. The zero-order chi connectivity index (χ0) is 11.7. The third-order valence-electron chi connectivity index (χ3n) is 2.01. The van der Waals surface area contributed by atoms with E-state index in [4.69, 9.17) is 5.84 Å². The summed E-state index contributed by atoms with van der Waals surface area (Å²) in [6, 6.07) is 1.97. The molecule has 0 aliphatic carbocycles. The van der Waals surface area contributed by atoms with Gasteiger partial charge in [0, 0.05) is 5.39 Å². The highest BCUT2D eigenvalue weighted by atomic mass is 32.2. The molecule has 3 rings (SSSR count). The van der Waals surface area contributed by atoms with Gasteiger partial charge in [-0.3, -0.25) is 10.5 Å². The number of thiophene rings is 1. The largest absolute Gasteiger partial charge is 0.292 e. The number of hydrogen-bond donors (Lipinski definition) is 3. The van der Waals surface area contributed by atoms with Crippen molar-refractivity contribution in [2.45, 2.75) is 10.2 Å². The lowest BCUT2D eigenvalue weighted by Gasteiger charge is -2.02. The highest BCUT2D eigenvalue weighted by Gasteiger charge is 2.11. The van der Waals surface area contributed by atoms with E-state index in [9.17, 15) is 0 Å². The third-order valence-corrected chi connectivity index (χ3v) is 3.71. The smallest absolute Gasteiger partial charge is 0.239 e. The van der Waals surface area contributed by atoms with Gasteiger partial charge in [0.1, 0.15) is 16.2 Å². The van der Waals surface area contributed by atoms with Crippen LogP contribution in [0.1, 0.15) is 0 Å². The number of nitrogen functional groups attached to an aromatic ring is 1. The van der Waals surface area contributed by atoms with E-state index in [-0.39, 0.29) is 0 Å². The normalized spacial score (nSPS) is 10.9. The number of H-pyrrole nitrogens is 1. The molecule has 3 aromatic rings. The number of nitrogens with zero attached hydrogens (tertiary/aromatic N) is 4. The van der Waals surface area contributed by atoms with Gasteiger partial charge in [-0.05, 0) is 23.2 Å². The molecule has 0 unspecified atom stereocenters. The molecule has 0 amide bonds. The number of aromatic nitrogens is 5. The summed E-state index contributed by atoms with van der Waals surface area (Å²) in [6.07, 6.45) is 1.45. The number of nitrogens with one attached hydrogen (secondary N) is 2. The molecule has 0 bridgehead atoms. The Hall–Kier alpha value is -1.71. The van der Waals surface area contributed by atoms with E-state index < -0.39 is 0 Å². The zero-order valence-electron chi connectivity index (χ0n) is 8.41. The topological polar surface area (TPSA) is 105 Å². The van der Waals surface area contributed by atoms with E-state index in [1.165, 1.54) is 29.4 Å². The van der Waals surface area contributed by atoms with Crippen LogP contribution in [0.5, 0.6) is 0 Å². The monoisotopic (exact) mass is 265 g/mol. The van der Waals surface area contributed by atoms with Crippen molar-refractivity contribution >= 4 is 39.3 Å². The van der Waals surface area contributed by atoms with Crippen molar-refractivity contribution in [3.05, 3.63) is 17.8 Å². The van der Waals surface area contributed by atoms with Gasteiger partial charge in [-0.1, -0.05) is 0 Å². The molecular weight excluding hydrogens is 258 g/mol. The minimum atomic E-state index is 0.391. The molecule has 0 atom stereocenters. The lowest BCUT2D eigenvalue weighted by Crippen LogP contribution is -2.10. The van der Waals surface area contributed by atoms with Crippen LogP contribution in [-0.2, 0) is 0 Å². The fraction of sp³-hybridized carbons (Fsp3) is 0. The van der Waals surface area contributed by atoms with Crippen LogP contribution in [0.25, 0.3) is 10.2 Å². The Labute approximate surface area is 104 Å². The quantitative estimate of drug-likeness (QED) is 0.372. The maximum atomic E-state index is 5.34. The first-order chi connectivity index (χ1) is 8.36. The van der Waals surface area contributed by atoms with Crippen molar-refractivity contribution in [1.29, 1.82) is 0 Å². The van der Waals surface area contributed by atoms with Crippen molar-refractivity contribution < 1.29 is 0 Å². The fourth-order valence-electron chi connectivity index (χ4n) is 1.31. The zero-order valence-corrected chi connectivity index (χ0v) is 10.0. The minimum Gasteiger partial charge on any atom is -0.292 e. The molecule has 0 spiro atoms. The Kier molecular flexibility index (Phi) is 2.63. The van der Waals surface area contributed by atoms with Gasteiger partial charge in [-0.15, -0.1) is 11.3 Å². The Morgan fingerprint density at radius 2 is 2.35 bits per heavy atom. The maximum Gasteiger partial charge on any atom is 0.239 e. The number of aromatic amines is 1. The highest BCUT2D eigenvalue weighted by molar-refractivity contribution is 7.99. The van der Waals surface area contributed by atoms with Crippen molar-refractivity contribution in [2.24, 2.45) is 5.84 Å². The van der Waals surface area contributed by atoms with Gasteiger partial charge < -0.3 is 0 Å². The molecule has 3 aromatic heterocycles. The lowest BCUT2D eigenvalue weighted by atomic mass is 10.4. The Morgan fingerprint density at radius 3 is 3.12 bits per heavy atom. The van der Waals surface area contributed by atoms with Gasteiger partial charge in [-0.2, -0.15) is 5.10 Å². The van der Waals surface area contributed by atoms with Crippen LogP contribution >= 0.6 is 23.1 Å². The van der Waals surface area contributed by atoms with Crippen molar-refractivity contribution in [1.82, 2.24) is 25.1 Å². The minimum absolute atomic E-state index is 0.391. The summed E-state index contributed by atoms with van der Waals surface area (Å²) in [7, 11) is 0. The van der Waals surface area contributed by atoms with Crippen LogP contribution in [-0.4, -0.2) is 25.1 Å². The van der Waals surface area contributed by atoms with Gasteiger partial charge in [-0.25, -0.2) is 20.8 Å². The number of fused-ring (bicyclic) bond motifs is 1. The molecule has 0 radical (unpaired) electrons. The van der Waals surface area contributed by atoms with E-state index >= 15 is 0 Å². The molecule has 0 aliphatic rings. The number of anilines is 1. The maximum absolute atomic E-state index is 5.34. The predicted octanol–water partition coefficient (Wildman–Crippen LogP) is 1.25.